The molecule has 4 N–H and O–H groups in total. The van der Waals surface area contributed by atoms with E-state index in [-0.39, 0.29) is 23.9 Å². The molecule has 1 heterocycles. The highest BCUT2D eigenvalue weighted by molar-refractivity contribution is 6.20. The minimum atomic E-state index is -0.109. The van der Waals surface area contributed by atoms with E-state index in [0.29, 0.717) is 42.2 Å². The number of hydrogen-bond acceptors (Lipinski definition) is 5. The third kappa shape index (κ3) is 7.34. The fourth-order valence-electron chi connectivity index (χ4n) is 4.89. The number of hydrazine groups is 1. The van der Waals surface area contributed by atoms with Gasteiger partial charge in [0.05, 0.1) is 12.2 Å². The predicted molar refractivity (Wildman–Crippen MR) is 124 cm³/mol. The quantitative estimate of drug-likeness (QED) is 0.282. The lowest BCUT2D eigenvalue weighted by atomic mass is 9.82. The Labute approximate surface area is 192 Å². The van der Waals surface area contributed by atoms with E-state index in [2.05, 4.69) is 41.4 Å². The Morgan fingerprint density at radius 3 is 2.68 bits per heavy atom. The van der Waals surface area contributed by atoms with E-state index in [4.69, 9.17) is 16.6 Å². The first-order chi connectivity index (χ1) is 15.0. The van der Waals surface area contributed by atoms with Gasteiger partial charge < -0.3 is 5.32 Å². The molecule has 1 amide bonds. The Morgan fingerprint density at radius 1 is 1.19 bits per heavy atom. The van der Waals surface area contributed by atoms with E-state index in [0.717, 1.165) is 57.8 Å². The molecule has 3 aliphatic rings. The molecule has 2 saturated carbocycles. The first kappa shape index (κ1) is 24.3. The maximum Gasteiger partial charge on any atom is 0.229 e. The molecule has 5 unspecified atom stereocenters. The number of carbonyl (C=O) groups excluding carboxylic acids is 1. The van der Waals surface area contributed by atoms with Crippen LogP contribution in [0.1, 0.15) is 78.1 Å². The van der Waals surface area contributed by atoms with Crippen LogP contribution in [0.5, 0.6) is 0 Å². The van der Waals surface area contributed by atoms with E-state index in [1.54, 1.807) is 0 Å². The number of amides is 1. The average molecular weight is 451 g/mol. The maximum atomic E-state index is 12.9. The van der Waals surface area contributed by atoms with Gasteiger partial charge in [0.15, 0.2) is 5.96 Å². The van der Waals surface area contributed by atoms with Crippen LogP contribution in [0.4, 0.5) is 0 Å². The maximum absolute atomic E-state index is 12.9. The van der Waals surface area contributed by atoms with Crippen LogP contribution in [0.3, 0.4) is 0 Å². The average Bonchev–Trinajstić information content (AvgIpc) is 3.26. The van der Waals surface area contributed by atoms with E-state index in [9.17, 15) is 10.1 Å². The van der Waals surface area contributed by atoms with Crippen LogP contribution in [0.15, 0.2) is 4.99 Å². The molecule has 0 aromatic heterocycles. The molecule has 5 atom stereocenters. The number of alkyl halides is 1. The molecule has 3 fully saturated rings. The fourth-order valence-corrected chi connectivity index (χ4v) is 5.14. The van der Waals surface area contributed by atoms with Crippen LogP contribution >= 0.6 is 11.6 Å². The normalized spacial score (nSPS) is 35.2. The van der Waals surface area contributed by atoms with Gasteiger partial charge in [-0.05, 0) is 63.2 Å². The van der Waals surface area contributed by atoms with Gasteiger partial charge in [0, 0.05) is 29.8 Å². The van der Waals surface area contributed by atoms with E-state index in [1.165, 1.54) is 0 Å². The highest BCUT2D eigenvalue weighted by Gasteiger charge is 2.34. The number of hydrogen-bond donors (Lipinski definition) is 4. The molecule has 3 rings (SSSR count). The zero-order valence-electron chi connectivity index (χ0n) is 19.0. The van der Waals surface area contributed by atoms with Crippen molar-refractivity contribution in [3.63, 3.8) is 0 Å². The Hall–Kier alpha value is -1.36. The van der Waals surface area contributed by atoms with Crippen molar-refractivity contribution >= 4 is 23.5 Å². The molecule has 0 spiro atoms. The van der Waals surface area contributed by atoms with Gasteiger partial charge in [0.25, 0.3) is 0 Å². The number of nitrogens with zero attached hydrogens (tertiary/aromatic N) is 2. The zero-order chi connectivity index (χ0) is 22.2. The van der Waals surface area contributed by atoms with Crippen molar-refractivity contribution in [3.05, 3.63) is 0 Å². The number of aliphatic imine (C=N–C) groups is 1. The lowest BCUT2D eigenvalue weighted by molar-refractivity contribution is -0.124. The standard InChI is InChI=1S/C23H39ClN6O/c1-3-15(2)14-26-23(28-22(31)18-6-4-5-16(11-18)13-25)27-21-12-20(29-30-21)17-7-9-19(24)10-8-17/h15-21,29-30H,3-12,14H2,1-2H3,(H2,26,27,28,31). The molecule has 1 aliphatic heterocycles. The number of carbonyl (C=O) groups is 1. The number of rotatable bonds is 6. The first-order valence-corrected chi connectivity index (χ1v) is 12.6. The van der Waals surface area contributed by atoms with Gasteiger partial charge in [0.2, 0.25) is 5.91 Å². The molecule has 0 aromatic carbocycles. The molecular formula is C23H39ClN6O. The van der Waals surface area contributed by atoms with Crippen LogP contribution < -0.4 is 21.5 Å². The summed E-state index contributed by atoms with van der Waals surface area (Å²) >= 11 is 6.27. The third-order valence-corrected chi connectivity index (χ3v) is 7.68. The van der Waals surface area contributed by atoms with Crippen molar-refractivity contribution in [2.75, 3.05) is 6.54 Å². The molecular weight excluding hydrogens is 412 g/mol. The van der Waals surface area contributed by atoms with E-state index < -0.39 is 0 Å². The molecule has 0 aromatic rings. The third-order valence-electron chi connectivity index (χ3n) is 7.24. The lowest BCUT2D eigenvalue weighted by Gasteiger charge is -2.29. The Bertz CT molecular complexity index is 657. The summed E-state index contributed by atoms with van der Waals surface area (Å²) in [5, 5.41) is 16.0. The Balaban J connectivity index is 1.56. The van der Waals surface area contributed by atoms with Gasteiger partial charge >= 0.3 is 0 Å². The van der Waals surface area contributed by atoms with Gasteiger partial charge in [-0.15, -0.1) is 11.6 Å². The predicted octanol–water partition coefficient (Wildman–Crippen LogP) is 3.41. The zero-order valence-corrected chi connectivity index (χ0v) is 19.8. The van der Waals surface area contributed by atoms with Crippen molar-refractivity contribution in [2.24, 2.45) is 28.7 Å². The van der Waals surface area contributed by atoms with Gasteiger partial charge in [-0.3, -0.25) is 20.5 Å². The summed E-state index contributed by atoms with van der Waals surface area (Å²) in [7, 11) is 0. The summed E-state index contributed by atoms with van der Waals surface area (Å²) in [4.78, 5) is 17.6. The molecule has 2 aliphatic carbocycles. The van der Waals surface area contributed by atoms with Crippen molar-refractivity contribution < 1.29 is 4.79 Å². The molecule has 0 bridgehead atoms. The summed E-state index contributed by atoms with van der Waals surface area (Å²) in [6, 6.07) is 2.74. The summed E-state index contributed by atoms with van der Waals surface area (Å²) in [6.45, 7) is 4.99. The summed E-state index contributed by atoms with van der Waals surface area (Å²) in [6.07, 6.45) is 9.83. The van der Waals surface area contributed by atoms with Crippen LogP contribution in [-0.2, 0) is 4.79 Å². The monoisotopic (exact) mass is 450 g/mol. The topological polar surface area (TPSA) is 101 Å². The van der Waals surface area contributed by atoms with Crippen molar-refractivity contribution in [1.82, 2.24) is 21.5 Å². The number of nitriles is 1. The fraction of sp³-hybridized carbons (Fsp3) is 0.870. The molecule has 31 heavy (non-hydrogen) atoms. The second kappa shape index (κ2) is 12.0. The number of guanidine groups is 1. The van der Waals surface area contributed by atoms with E-state index in [1.807, 2.05) is 0 Å². The molecule has 1 saturated heterocycles. The largest absolute Gasteiger partial charge is 0.339 e. The smallest absolute Gasteiger partial charge is 0.229 e. The van der Waals surface area contributed by atoms with Crippen molar-refractivity contribution in [3.8, 4) is 6.07 Å². The molecule has 174 valence electrons. The first-order valence-electron chi connectivity index (χ1n) is 12.1. The highest BCUT2D eigenvalue weighted by atomic mass is 35.5. The number of nitrogens with one attached hydrogen (secondary N) is 4. The van der Waals surface area contributed by atoms with Crippen molar-refractivity contribution in [2.45, 2.75) is 95.6 Å². The summed E-state index contributed by atoms with van der Waals surface area (Å²) in [5.74, 6) is 1.51. The van der Waals surface area contributed by atoms with Gasteiger partial charge in [-0.2, -0.15) is 5.26 Å². The second-order valence-corrected chi connectivity index (χ2v) is 10.3. The van der Waals surface area contributed by atoms with Gasteiger partial charge in [-0.25, -0.2) is 5.43 Å². The molecule has 0 radical (unpaired) electrons. The molecule has 8 heteroatoms. The Morgan fingerprint density at radius 2 is 1.97 bits per heavy atom. The van der Waals surface area contributed by atoms with Crippen LogP contribution in [-0.4, -0.2) is 36.0 Å². The summed E-state index contributed by atoms with van der Waals surface area (Å²) in [5.41, 5.74) is 6.79. The van der Waals surface area contributed by atoms with Crippen LogP contribution in [0, 0.1) is 35.0 Å². The van der Waals surface area contributed by atoms with Crippen LogP contribution in [0.25, 0.3) is 0 Å². The van der Waals surface area contributed by atoms with Gasteiger partial charge in [-0.1, -0.05) is 26.7 Å². The minimum absolute atomic E-state index is 0.0116. The molecule has 7 nitrogen and oxygen atoms in total. The second-order valence-electron chi connectivity index (χ2n) is 9.72. The summed E-state index contributed by atoms with van der Waals surface area (Å²) < 4.78 is 0. The number of halogens is 1. The minimum Gasteiger partial charge on any atom is -0.339 e. The van der Waals surface area contributed by atoms with Crippen molar-refractivity contribution in [1.29, 1.82) is 5.26 Å². The Kier molecular flexibility index (Phi) is 9.43. The van der Waals surface area contributed by atoms with Gasteiger partial charge in [0.1, 0.15) is 0 Å². The van der Waals surface area contributed by atoms with E-state index >= 15 is 0 Å². The lowest BCUT2D eigenvalue weighted by Crippen LogP contribution is -2.52. The SMILES string of the molecule is CCC(C)CN=C(NC(=O)C1CCCC(C#N)C1)NC1CC(C2CCC(Cl)CC2)NN1. The van der Waals surface area contributed by atoms with Crippen LogP contribution in [0.2, 0.25) is 0 Å². The highest BCUT2D eigenvalue weighted by Crippen LogP contribution is 2.32.